The lowest BCUT2D eigenvalue weighted by Gasteiger charge is -2.13. The molecular formula is C16H21NO5. The summed E-state index contributed by atoms with van der Waals surface area (Å²) in [6, 6.07) is 5.40. The molecule has 0 spiro atoms. The van der Waals surface area contributed by atoms with Crippen molar-refractivity contribution >= 4 is 11.9 Å². The average Bonchev–Trinajstić information content (AvgIpc) is 3.32. The average molecular weight is 307 g/mol. The first-order valence-electron chi connectivity index (χ1n) is 7.35. The lowest BCUT2D eigenvalue weighted by molar-refractivity contribution is -0.149. The van der Waals surface area contributed by atoms with Crippen LogP contribution >= 0.6 is 0 Å². The fourth-order valence-corrected chi connectivity index (χ4v) is 2.17. The Labute approximate surface area is 129 Å². The van der Waals surface area contributed by atoms with Crippen LogP contribution in [0.3, 0.4) is 0 Å². The Kier molecular flexibility index (Phi) is 4.90. The third-order valence-electron chi connectivity index (χ3n) is 3.74. The number of aliphatic carboxylic acids is 1. The van der Waals surface area contributed by atoms with Gasteiger partial charge in [0.05, 0.1) is 13.7 Å². The summed E-state index contributed by atoms with van der Waals surface area (Å²) in [5, 5.41) is 11.8. The molecule has 1 fully saturated rings. The molecule has 2 N–H and O–H groups in total. The maximum absolute atomic E-state index is 12.0. The lowest BCUT2D eigenvalue weighted by atomic mass is 10.1. The number of carbonyl (C=O) groups is 2. The van der Waals surface area contributed by atoms with E-state index in [1.807, 2.05) is 13.0 Å². The van der Waals surface area contributed by atoms with Crippen LogP contribution in [-0.4, -0.2) is 30.7 Å². The molecule has 1 amide bonds. The van der Waals surface area contributed by atoms with E-state index < -0.39 is 17.3 Å². The van der Waals surface area contributed by atoms with Gasteiger partial charge in [-0.25, -0.2) is 0 Å². The quantitative estimate of drug-likeness (QED) is 0.717. The molecule has 0 unspecified atom stereocenters. The number of ether oxygens (including phenoxy) is 2. The maximum Gasteiger partial charge on any atom is 0.319 e. The van der Waals surface area contributed by atoms with Crippen LogP contribution < -0.4 is 14.8 Å². The predicted molar refractivity (Wildman–Crippen MR) is 79.9 cm³/mol. The summed E-state index contributed by atoms with van der Waals surface area (Å²) >= 11 is 0. The van der Waals surface area contributed by atoms with E-state index >= 15 is 0 Å². The third-order valence-corrected chi connectivity index (χ3v) is 3.74. The van der Waals surface area contributed by atoms with Crippen molar-refractivity contribution in [1.82, 2.24) is 5.32 Å². The van der Waals surface area contributed by atoms with Gasteiger partial charge in [-0.15, -0.1) is 0 Å². The van der Waals surface area contributed by atoms with Gasteiger partial charge in [-0.2, -0.15) is 0 Å². The molecule has 1 aromatic rings. The van der Waals surface area contributed by atoms with Crippen LogP contribution in [-0.2, 0) is 16.1 Å². The number of methoxy groups -OCH3 is 1. The van der Waals surface area contributed by atoms with Crippen LogP contribution in [0.5, 0.6) is 11.5 Å². The van der Waals surface area contributed by atoms with E-state index in [2.05, 4.69) is 5.32 Å². The number of rotatable bonds is 8. The minimum Gasteiger partial charge on any atom is -0.493 e. The van der Waals surface area contributed by atoms with Crippen LogP contribution in [0.1, 0.15) is 31.7 Å². The molecule has 1 saturated carbocycles. The van der Waals surface area contributed by atoms with Gasteiger partial charge in [-0.05, 0) is 37.0 Å². The van der Waals surface area contributed by atoms with E-state index in [1.165, 1.54) is 0 Å². The minimum atomic E-state index is -1.21. The molecular weight excluding hydrogens is 286 g/mol. The molecule has 1 aromatic carbocycles. The van der Waals surface area contributed by atoms with Crippen molar-refractivity contribution in [2.75, 3.05) is 13.7 Å². The summed E-state index contributed by atoms with van der Waals surface area (Å²) in [5.41, 5.74) is -0.385. The van der Waals surface area contributed by atoms with Crippen LogP contribution in [0.25, 0.3) is 0 Å². The highest BCUT2D eigenvalue weighted by Gasteiger charge is 2.56. The molecule has 0 heterocycles. The van der Waals surface area contributed by atoms with Crippen molar-refractivity contribution in [3.63, 3.8) is 0 Å². The predicted octanol–water partition coefficient (Wildman–Crippen LogP) is 1.97. The molecule has 0 aliphatic heterocycles. The zero-order chi connectivity index (χ0) is 16.2. The van der Waals surface area contributed by atoms with E-state index in [1.54, 1.807) is 19.2 Å². The fraction of sp³-hybridized carbons (Fsp3) is 0.500. The van der Waals surface area contributed by atoms with Crippen LogP contribution in [0.15, 0.2) is 18.2 Å². The Morgan fingerprint density at radius 1 is 1.32 bits per heavy atom. The topological polar surface area (TPSA) is 84.9 Å². The number of carbonyl (C=O) groups excluding carboxylic acids is 1. The Bertz CT molecular complexity index is 566. The summed E-state index contributed by atoms with van der Waals surface area (Å²) < 4.78 is 10.8. The highest BCUT2D eigenvalue weighted by molar-refractivity contribution is 6.04. The first-order chi connectivity index (χ1) is 10.5. The lowest BCUT2D eigenvalue weighted by Crippen LogP contribution is -2.36. The second kappa shape index (κ2) is 6.68. The zero-order valence-electron chi connectivity index (χ0n) is 12.8. The number of hydrogen-bond donors (Lipinski definition) is 2. The van der Waals surface area contributed by atoms with Crippen LogP contribution in [0, 0.1) is 5.41 Å². The van der Waals surface area contributed by atoms with E-state index in [0.29, 0.717) is 30.9 Å². The molecule has 0 aromatic heterocycles. The van der Waals surface area contributed by atoms with Gasteiger partial charge >= 0.3 is 5.97 Å². The van der Waals surface area contributed by atoms with Crippen molar-refractivity contribution < 1.29 is 24.2 Å². The maximum atomic E-state index is 12.0. The Morgan fingerprint density at radius 2 is 2.05 bits per heavy atom. The smallest absolute Gasteiger partial charge is 0.319 e. The van der Waals surface area contributed by atoms with Crippen molar-refractivity contribution in [3.05, 3.63) is 23.8 Å². The van der Waals surface area contributed by atoms with E-state index in [0.717, 1.165) is 12.0 Å². The van der Waals surface area contributed by atoms with Gasteiger partial charge in [0.1, 0.15) is 5.41 Å². The number of carboxylic acid groups (broad SMARTS) is 1. The summed E-state index contributed by atoms with van der Waals surface area (Å²) in [7, 11) is 1.56. The Hall–Kier alpha value is -2.24. The number of hydrogen-bond acceptors (Lipinski definition) is 4. The summed E-state index contributed by atoms with van der Waals surface area (Å²) in [5.74, 6) is -0.223. The van der Waals surface area contributed by atoms with Crippen molar-refractivity contribution in [2.45, 2.75) is 32.7 Å². The van der Waals surface area contributed by atoms with Crippen LogP contribution in [0.4, 0.5) is 0 Å². The number of amides is 1. The molecule has 0 atom stereocenters. The first kappa shape index (κ1) is 16.1. The van der Waals surface area contributed by atoms with Gasteiger partial charge in [0, 0.05) is 6.54 Å². The fourth-order valence-electron chi connectivity index (χ4n) is 2.17. The number of carboxylic acids is 1. The standard InChI is InChI=1S/C16H21NO5/c1-3-8-22-12-5-4-11(9-13(12)21-2)10-17-14(18)16(6-7-16)15(19)20/h4-5,9H,3,6-8,10H2,1-2H3,(H,17,18)(H,19,20). The SMILES string of the molecule is CCCOc1ccc(CNC(=O)C2(C(=O)O)CC2)cc1OC. The zero-order valence-corrected chi connectivity index (χ0v) is 12.8. The normalized spacial score (nSPS) is 15.0. The molecule has 120 valence electrons. The van der Waals surface area contributed by atoms with Gasteiger partial charge in [0.15, 0.2) is 11.5 Å². The molecule has 0 radical (unpaired) electrons. The van der Waals surface area contributed by atoms with Gasteiger partial charge in [-0.3, -0.25) is 9.59 Å². The second-order valence-corrected chi connectivity index (χ2v) is 5.40. The molecule has 0 saturated heterocycles. The molecule has 1 aliphatic rings. The Morgan fingerprint density at radius 3 is 2.59 bits per heavy atom. The van der Waals surface area contributed by atoms with E-state index in [4.69, 9.17) is 14.6 Å². The Balaban J connectivity index is 1.98. The molecule has 6 nitrogen and oxygen atoms in total. The van der Waals surface area contributed by atoms with Gasteiger partial charge in [0.25, 0.3) is 0 Å². The number of nitrogens with one attached hydrogen (secondary N) is 1. The van der Waals surface area contributed by atoms with E-state index in [-0.39, 0.29) is 6.54 Å². The molecule has 1 aliphatic carbocycles. The highest BCUT2D eigenvalue weighted by atomic mass is 16.5. The largest absolute Gasteiger partial charge is 0.493 e. The summed E-state index contributed by atoms with van der Waals surface area (Å²) in [6.45, 7) is 2.89. The minimum absolute atomic E-state index is 0.262. The van der Waals surface area contributed by atoms with Crippen molar-refractivity contribution in [3.8, 4) is 11.5 Å². The van der Waals surface area contributed by atoms with Gasteiger partial charge in [-0.1, -0.05) is 13.0 Å². The molecule has 6 heteroatoms. The van der Waals surface area contributed by atoms with Crippen molar-refractivity contribution in [1.29, 1.82) is 0 Å². The summed E-state index contributed by atoms with van der Waals surface area (Å²) in [6.07, 6.45) is 1.71. The monoisotopic (exact) mass is 307 g/mol. The second-order valence-electron chi connectivity index (χ2n) is 5.40. The third kappa shape index (κ3) is 3.32. The van der Waals surface area contributed by atoms with Gasteiger partial charge in [0.2, 0.25) is 5.91 Å². The summed E-state index contributed by atoms with van der Waals surface area (Å²) in [4.78, 5) is 23.0. The number of benzene rings is 1. The van der Waals surface area contributed by atoms with Gasteiger partial charge < -0.3 is 19.9 Å². The first-order valence-corrected chi connectivity index (χ1v) is 7.35. The molecule has 22 heavy (non-hydrogen) atoms. The van der Waals surface area contributed by atoms with E-state index in [9.17, 15) is 9.59 Å². The molecule has 2 rings (SSSR count). The highest BCUT2D eigenvalue weighted by Crippen LogP contribution is 2.46. The van der Waals surface area contributed by atoms with Crippen LogP contribution in [0.2, 0.25) is 0 Å². The van der Waals surface area contributed by atoms with Crippen molar-refractivity contribution in [2.24, 2.45) is 5.41 Å². The molecule has 0 bridgehead atoms.